The summed E-state index contributed by atoms with van der Waals surface area (Å²) in [4.78, 5) is 15.6. The highest BCUT2D eigenvalue weighted by Crippen LogP contribution is 2.27. The summed E-state index contributed by atoms with van der Waals surface area (Å²) in [5.41, 5.74) is 3.26. The number of benzene rings is 2. The molecule has 0 bridgehead atoms. The largest absolute Gasteiger partial charge is 0.326 e. The van der Waals surface area contributed by atoms with Crippen molar-refractivity contribution in [3.63, 3.8) is 0 Å². The number of para-hydroxylation sites is 1. The topological polar surface area (TPSA) is 24.8 Å². The van der Waals surface area contributed by atoms with E-state index >= 15 is 0 Å². The van der Waals surface area contributed by atoms with Gasteiger partial charge in [-0.15, -0.1) is 0 Å². The predicted octanol–water partition coefficient (Wildman–Crippen LogP) is 2.60. The molecule has 1 amide bonds. The van der Waals surface area contributed by atoms with Crippen LogP contribution in [-0.4, -0.2) is 26.0 Å². The quantitative estimate of drug-likeness (QED) is 0.901. The number of nitrogens with one attached hydrogen (secondary N) is 1. The number of amides is 1. The van der Waals surface area contributed by atoms with Gasteiger partial charge in [0.1, 0.15) is 6.54 Å². The maximum atomic E-state index is 12.6. The predicted molar refractivity (Wildman–Crippen MR) is 94.4 cm³/mol. The molecule has 0 fully saturated rings. The summed E-state index contributed by atoms with van der Waals surface area (Å²) in [6.45, 7) is 1.86. The van der Waals surface area contributed by atoms with E-state index in [9.17, 15) is 4.79 Å². The molecule has 23 heavy (non-hydrogen) atoms. The van der Waals surface area contributed by atoms with Gasteiger partial charge < -0.3 is 9.80 Å². The van der Waals surface area contributed by atoms with Gasteiger partial charge in [-0.1, -0.05) is 53.5 Å². The minimum Gasteiger partial charge on any atom is -0.326 e. The molecule has 1 heterocycles. The molecule has 1 aliphatic rings. The SMILES string of the molecule is C[NH+](CC(=O)N1CCc2ccccc21)Cc1cccc(Cl)c1Cl. The normalized spacial score (nSPS) is 14.7. The third kappa shape index (κ3) is 3.52. The van der Waals surface area contributed by atoms with Gasteiger partial charge in [-0.05, 0) is 24.1 Å². The molecule has 2 aromatic carbocycles. The van der Waals surface area contributed by atoms with Crippen molar-refractivity contribution in [1.29, 1.82) is 0 Å². The molecule has 3 nitrogen and oxygen atoms in total. The summed E-state index contributed by atoms with van der Waals surface area (Å²) in [5.74, 6) is 0.144. The Morgan fingerprint density at radius 2 is 1.96 bits per heavy atom. The van der Waals surface area contributed by atoms with Gasteiger partial charge in [0, 0.05) is 17.8 Å². The molecule has 0 spiro atoms. The molecule has 1 atom stereocenters. The van der Waals surface area contributed by atoms with Crippen molar-refractivity contribution >= 4 is 34.8 Å². The second-order valence-electron chi connectivity index (χ2n) is 5.95. The highest BCUT2D eigenvalue weighted by Gasteiger charge is 2.26. The molecule has 1 unspecified atom stereocenters. The zero-order valence-corrected chi connectivity index (χ0v) is 14.5. The standard InChI is InChI=1S/C18H18Cl2N2O/c1-21(11-14-6-4-7-15(19)18(14)20)12-17(23)22-10-9-13-5-2-3-8-16(13)22/h2-8H,9-12H2,1H3/p+1. The van der Waals surface area contributed by atoms with Crippen LogP contribution in [0.3, 0.4) is 0 Å². The Morgan fingerprint density at radius 3 is 2.78 bits per heavy atom. The number of nitrogens with zero attached hydrogens (tertiary/aromatic N) is 1. The van der Waals surface area contributed by atoms with Crippen LogP contribution in [0, 0.1) is 0 Å². The number of anilines is 1. The molecule has 5 heteroatoms. The highest BCUT2D eigenvalue weighted by molar-refractivity contribution is 6.42. The van der Waals surface area contributed by atoms with Crippen molar-refractivity contribution in [2.75, 3.05) is 25.0 Å². The van der Waals surface area contributed by atoms with Crippen LogP contribution in [0.1, 0.15) is 11.1 Å². The monoisotopic (exact) mass is 349 g/mol. The Balaban J connectivity index is 1.65. The first-order chi connectivity index (χ1) is 11.1. The maximum Gasteiger partial charge on any atom is 0.282 e. The van der Waals surface area contributed by atoms with Crippen LogP contribution in [0.2, 0.25) is 10.0 Å². The van der Waals surface area contributed by atoms with E-state index in [0.717, 1.165) is 29.1 Å². The number of carbonyl (C=O) groups excluding carboxylic acids is 1. The zero-order valence-electron chi connectivity index (χ0n) is 13.0. The van der Waals surface area contributed by atoms with Crippen molar-refractivity contribution in [3.8, 4) is 0 Å². The average Bonchev–Trinajstić information content (AvgIpc) is 2.96. The Hall–Kier alpha value is -1.55. The summed E-state index contributed by atoms with van der Waals surface area (Å²) in [6.07, 6.45) is 0.932. The lowest BCUT2D eigenvalue weighted by Crippen LogP contribution is -3.09. The summed E-state index contributed by atoms with van der Waals surface area (Å²) < 4.78 is 0. The fraction of sp³-hybridized carbons (Fsp3) is 0.278. The highest BCUT2D eigenvalue weighted by atomic mass is 35.5. The lowest BCUT2D eigenvalue weighted by atomic mass is 10.2. The van der Waals surface area contributed by atoms with E-state index in [-0.39, 0.29) is 5.91 Å². The van der Waals surface area contributed by atoms with Crippen LogP contribution in [-0.2, 0) is 17.8 Å². The minimum absolute atomic E-state index is 0.144. The first-order valence-electron chi connectivity index (χ1n) is 7.68. The van der Waals surface area contributed by atoms with E-state index < -0.39 is 0 Å². The van der Waals surface area contributed by atoms with Gasteiger partial charge in [0.15, 0.2) is 6.54 Å². The Kier molecular flexibility index (Phi) is 4.90. The van der Waals surface area contributed by atoms with Gasteiger partial charge in [0.05, 0.1) is 17.1 Å². The molecule has 0 aromatic heterocycles. The van der Waals surface area contributed by atoms with Crippen molar-refractivity contribution in [2.24, 2.45) is 0 Å². The second-order valence-corrected chi connectivity index (χ2v) is 6.73. The summed E-state index contributed by atoms with van der Waals surface area (Å²) >= 11 is 12.3. The third-order valence-corrected chi connectivity index (χ3v) is 5.02. The van der Waals surface area contributed by atoms with Crippen molar-refractivity contribution in [3.05, 3.63) is 63.6 Å². The fourth-order valence-corrected chi connectivity index (χ4v) is 3.41. The maximum absolute atomic E-state index is 12.6. The van der Waals surface area contributed by atoms with Crippen molar-refractivity contribution in [1.82, 2.24) is 0 Å². The molecule has 0 radical (unpaired) electrons. The number of hydrogen-bond donors (Lipinski definition) is 1. The smallest absolute Gasteiger partial charge is 0.282 e. The number of likely N-dealkylation sites (N-methyl/N-ethyl adjacent to an activating group) is 1. The number of fused-ring (bicyclic) bond motifs is 1. The number of quaternary nitrogens is 1. The molecule has 2 aromatic rings. The minimum atomic E-state index is 0.144. The van der Waals surface area contributed by atoms with Gasteiger partial charge in [-0.2, -0.15) is 0 Å². The van der Waals surface area contributed by atoms with Gasteiger partial charge in [0.2, 0.25) is 0 Å². The summed E-state index contributed by atoms with van der Waals surface area (Å²) in [7, 11) is 2.00. The van der Waals surface area contributed by atoms with Crippen molar-refractivity contribution in [2.45, 2.75) is 13.0 Å². The number of halogens is 2. The van der Waals surface area contributed by atoms with Gasteiger partial charge >= 0.3 is 0 Å². The van der Waals surface area contributed by atoms with Crippen LogP contribution in [0.25, 0.3) is 0 Å². The molecule has 3 rings (SSSR count). The van der Waals surface area contributed by atoms with Crippen molar-refractivity contribution < 1.29 is 9.69 Å². The van der Waals surface area contributed by atoms with Gasteiger partial charge in [-0.25, -0.2) is 0 Å². The number of hydrogen-bond acceptors (Lipinski definition) is 1. The van der Waals surface area contributed by atoms with Crippen LogP contribution in [0.4, 0.5) is 5.69 Å². The van der Waals surface area contributed by atoms with E-state index in [1.165, 1.54) is 5.56 Å². The summed E-state index contributed by atoms with van der Waals surface area (Å²) in [6, 6.07) is 13.7. The third-order valence-electron chi connectivity index (χ3n) is 4.17. The molecular formula is C18H19Cl2N2O+. The Bertz CT molecular complexity index is 733. The Morgan fingerprint density at radius 1 is 1.17 bits per heavy atom. The Labute approximate surface area is 146 Å². The first-order valence-corrected chi connectivity index (χ1v) is 8.44. The van der Waals surface area contributed by atoms with E-state index in [1.807, 2.05) is 42.3 Å². The number of rotatable bonds is 4. The summed E-state index contributed by atoms with van der Waals surface area (Å²) in [5, 5.41) is 1.13. The van der Waals surface area contributed by atoms with Gasteiger partial charge in [-0.3, -0.25) is 4.79 Å². The van der Waals surface area contributed by atoms with E-state index in [2.05, 4.69) is 6.07 Å². The molecule has 0 saturated carbocycles. The number of carbonyl (C=O) groups is 1. The van der Waals surface area contributed by atoms with E-state index in [4.69, 9.17) is 23.2 Å². The molecule has 1 N–H and O–H groups in total. The fourth-order valence-electron chi connectivity index (χ4n) is 3.02. The molecule has 0 saturated heterocycles. The van der Waals surface area contributed by atoms with E-state index in [1.54, 1.807) is 6.07 Å². The molecule has 0 aliphatic carbocycles. The molecule has 120 valence electrons. The van der Waals surface area contributed by atoms with Crippen LogP contribution < -0.4 is 9.80 Å². The van der Waals surface area contributed by atoms with Crippen LogP contribution >= 0.6 is 23.2 Å². The van der Waals surface area contributed by atoms with Gasteiger partial charge in [0.25, 0.3) is 5.91 Å². The average molecular weight is 350 g/mol. The second kappa shape index (κ2) is 6.91. The van der Waals surface area contributed by atoms with Crippen LogP contribution in [0.5, 0.6) is 0 Å². The lowest BCUT2D eigenvalue weighted by molar-refractivity contribution is -0.885. The van der Waals surface area contributed by atoms with E-state index in [0.29, 0.717) is 23.1 Å². The van der Waals surface area contributed by atoms with Crippen LogP contribution in [0.15, 0.2) is 42.5 Å². The zero-order chi connectivity index (χ0) is 16.4. The lowest BCUT2D eigenvalue weighted by Gasteiger charge is -2.20. The molecule has 1 aliphatic heterocycles. The molecular weight excluding hydrogens is 331 g/mol. The first kappa shape index (κ1) is 16.3.